The predicted octanol–water partition coefficient (Wildman–Crippen LogP) is 3.20. The van der Waals surface area contributed by atoms with Gasteiger partial charge < -0.3 is 10.6 Å². The first-order valence-electron chi connectivity index (χ1n) is 8.36. The number of hydrogen-bond acceptors (Lipinski definition) is 2. The summed E-state index contributed by atoms with van der Waals surface area (Å²) in [6.45, 7) is 2.48. The molecular formula is C20H22N2O2. The third-order valence-corrected chi connectivity index (χ3v) is 4.28. The Morgan fingerprint density at radius 1 is 1.04 bits per heavy atom. The summed E-state index contributed by atoms with van der Waals surface area (Å²) in [7, 11) is 0. The van der Waals surface area contributed by atoms with Crippen LogP contribution in [0.2, 0.25) is 0 Å². The number of hydrogen-bond donors (Lipinski definition) is 2. The normalized spacial score (nSPS) is 14.7. The van der Waals surface area contributed by atoms with E-state index in [0.29, 0.717) is 12.1 Å². The fraction of sp³-hybridized carbons (Fsp3) is 0.300. The Hall–Kier alpha value is -2.62. The molecule has 124 valence electrons. The van der Waals surface area contributed by atoms with Crippen LogP contribution in [0.1, 0.15) is 47.3 Å². The molecule has 0 aromatic heterocycles. The van der Waals surface area contributed by atoms with Crippen molar-refractivity contribution in [2.45, 2.75) is 32.4 Å². The Balaban J connectivity index is 1.54. The van der Waals surface area contributed by atoms with Gasteiger partial charge in [0.15, 0.2) is 0 Å². The first-order chi connectivity index (χ1) is 11.6. The summed E-state index contributed by atoms with van der Waals surface area (Å²) < 4.78 is 0. The van der Waals surface area contributed by atoms with E-state index in [2.05, 4.69) is 10.6 Å². The summed E-state index contributed by atoms with van der Waals surface area (Å²) in [6.07, 6.45) is 2.01. The SMILES string of the molecule is CC(NC(=O)c1ccc(CNC(=O)C2CC2)cc1)c1ccccc1. The molecule has 1 fully saturated rings. The second kappa shape index (κ2) is 7.30. The smallest absolute Gasteiger partial charge is 0.251 e. The molecule has 0 spiro atoms. The van der Waals surface area contributed by atoms with Gasteiger partial charge in [-0.1, -0.05) is 42.5 Å². The molecule has 4 nitrogen and oxygen atoms in total. The monoisotopic (exact) mass is 322 g/mol. The fourth-order valence-corrected chi connectivity index (χ4v) is 2.56. The van der Waals surface area contributed by atoms with Crippen molar-refractivity contribution in [1.82, 2.24) is 10.6 Å². The molecule has 3 rings (SSSR count). The highest BCUT2D eigenvalue weighted by molar-refractivity contribution is 5.94. The first-order valence-corrected chi connectivity index (χ1v) is 8.36. The Labute approximate surface area is 142 Å². The highest BCUT2D eigenvalue weighted by Crippen LogP contribution is 2.28. The third kappa shape index (κ3) is 4.22. The summed E-state index contributed by atoms with van der Waals surface area (Å²) in [6, 6.07) is 17.2. The molecule has 0 saturated heterocycles. The van der Waals surface area contributed by atoms with E-state index in [1.54, 1.807) is 12.1 Å². The van der Waals surface area contributed by atoms with Gasteiger partial charge in [-0.05, 0) is 43.0 Å². The van der Waals surface area contributed by atoms with E-state index in [4.69, 9.17) is 0 Å². The minimum atomic E-state index is -0.0973. The zero-order valence-corrected chi connectivity index (χ0v) is 13.8. The molecule has 24 heavy (non-hydrogen) atoms. The number of rotatable bonds is 6. The second-order valence-corrected chi connectivity index (χ2v) is 6.29. The standard InChI is InChI=1S/C20H22N2O2/c1-14(16-5-3-2-4-6-16)22-20(24)18-9-7-15(8-10-18)13-21-19(23)17-11-12-17/h2-10,14,17H,11-13H2,1H3,(H,21,23)(H,22,24). The van der Waals surface area contributed by atoms with Crippen LogP contribution in [0.5, 0.6) is 0 Å². The van der Waals surface area contributed by atoms with Gasteiger partial charge in [0.25, 0.3) is 5.91 Å². The van der Waals surface area contributed by atoms with Gasteiger partial charge in [-0.2, -0.15) is 0 Å². The summed E-state index contributed by atoms with van der Waals surface area (Å²) in [5, 5.41) is 5.92. The van der Waals surface area contributed by atoms with Crippen molar-refractivity contribution in [3.63, 3.8) is 0 Å². The van der Waals surface area contributed by atoms with Crippen LogP contribution in [0.15, 0.2) is 54.6 Å². The van der Waals surface area contributed by atoms with E-state index in [9.17, 15) is 9.59 Å². The van der Waals surface area contributed by atoms with E-state index in [1.165, 1.54) is 0 Å². The second-order valence-electron chi connectivity index (χ2n) is 6.29. The Bertz CT molecular complexity index is 706. The number of carbonyl (C=O) groups excluding carboxylic acids is 2. The van der Waals surface area contributed by atoms with Crippen molar-refractivity contribution in [2.75, 3.05) is 0 Å². The molecule has 1 unspecified atom stereocenters. The number of amides is 2. The summed E-state index contributed by atoms with van der Waals surface area (Å²) in [4.78, 5) is 24.0. The average molecular weight is 322 g/mol. The van der Waals surface area contributed by atoms with E-state index >= 15 is 0 Å². The van der Waals surface area contributed by atoms with E-state index in [0.717, 1.165) is 24.0 Å². The van der Waals surface area contributed by atoms with Gasteiger partial charge in [-0.15, -0.1) is 0 Å². The van der Waals surface area contributed by atoms with Crippen molar-refractivity contribution in [3.05, 3.63) is 71.3 Å². The average Bonchev–Trinajstić information content (AvgIpc) is 3.46. The van der Waals surface area contributed by atoms with Crippen LogP contribution in [-0.4, -0.2) is 11.8 Å². The van der Waals surface area contributed by atoms with Gasteiger partial charge >= 0.3 is 0 Å². The van der Waals surface area contributed by atoms with Crippen LogP contribution in [0, 0.1) is 5.92 Å². The Kier molecular flexibility index (Phi) is 4.94. The molecule has 1 aliphatic rings. The predicted molar refractivity (Wildman–Crippen MR) is 93.3 cm³/mol. The van der Waals surface area contributed by atoms with Crippen LogP contribution in [0.3, 0.4) is 0 Å². The molecule has 2 N–H and O–H groups in total. The molecule has 2 aromatic carbocycles. The quantitative estimate of drug-likeness (QED) is 0.858. The van der Waals surface area contributed by atoms with Gasteiger partial charge in [0.05, 0.1) is 6.04 Å². The molecule has 1 aliphatic carbocycles. The molecule has 2 amide bonds. The number of nitrogens with one attached hydrogen (secondary N) is 2. The lowest BCUT2D eigenvalue weighted by Crippen LogP contribution is -2.26. The van der Waals surface area contributed by atoms with Crippen molar-refractivity contribution >= 4 is 11.8 Å². The zero-order chi connectivity index (χ0) is 16.9. The molecular weight excluding hydrogens is 300 g/mol. The van der Waals surface area contributed by atoms with Crippen molar-refractivity contribution in [2.24, 2.45) is 5.92 Å². The van der Waals surface area contributed by atoms with E-state index in [-0.39, 0.29) is 23.8 Å². The zero-order valence-electron chi connectivity index (χ0n) is 13.8. The topological polar surface area (TPSA) is 58.2 Å². The van der Waals surface area contributed by atoms with Crippen molar-refractivity contribution in [3.8, 4) is 0 Å². The van der Waals surface area contributed by atoms with Crippen LogP contribution in [0.4, 0.5) is 0 Å². The van der Waals surface area contributed by atoms with Gasteiger partial charge in [0.2, 0.25) is 5.91 Å². The lowest BCUT2D eigenvalue weighted by molar-refractivity contribution is -0.122. The van der Waals surface area contributed by atoms with Gasteiger partial charge in [-0.25, -0.2) is 0 Å². The summed E-state index contributed by atoms with van der Waals surface area (Å²) in [5.41, 5.74) is 2.69. The lowest BCUT2D eigenvalue weighted by Gasteiger charge is -2.14. The van der Waals surface area contributed by atoms with Crippen molar-refractivity contribution in [1.29, 1.82) is 0 Å². The minimum Gasteiger partial charge on any atom is -0.352 e. The highest BCUT2D eigenvalue weighted by atomic mass is 16.2. The molecule has 0 aliphatic heterocycles. The lowest BCUT2D eigenvalue weighted by atomic mass is 10.1. The molecule has 1 saturated carbocycles. The maximum Gasteiger partial charge on any atom is 0.251 e. The molecule has 4 heteroatoms. The first kappa shape index (κ1) is 16.2. The maximum absolute atomic E-state index is 12.3. The Morgan fingerprint density at radius 2 is 1.71 bits per heavy atom. The minimum absolute atomic E-state index is 0.0452. The fourth-order valence-electron chi connectivity index (χ4n) is 2.56. The number of carbonyl (C=O) groups is 2. The molecule has 1 atom stereocenters. The van der Waals surface area contributed by atoms with E-state index in [1.807, 2.05) is 49.4 Å². The molecule has 0 heterocycles. The van der Waals surface area contributed by atoms with Crippen LogP contribution in [-0.2, 0) is 11.3 Å². The van der Waals surface area contributed by atoms with E-state index < -0.39 is 0 Å². The highest BCUT2D eigenvalue weighted by Gasteiger charge is 2.29. The molecule has 0 bridgehead atoms. The van der Waals surface area contributed by atoms with Crippen molar-refractivity contribution < 1.29 is 9.59 Å². The molecule has 2 aromatic rings. The molecule has 0 radical (unpaired) electrons. The third-order valence-electron chi connectivity index (χ3n) is 4.28. The van der Waals surface area contributed by atoms with Gasteiger partial charge in [0.1, 0.15) is 0 Å². The van der Waals surface area contributed by atoms with Gasteiger partial charge in [-0.3, -0.25) is 9.59 Å². The number of benzene rings is 2. The van der Waals surface area contributed by atoms with Gasteiger partial charge in [0, 0.05) is 18.0 Å². The largest absolute Gasteiger partial charge is 0.352 e. The van der Waals surface area contributed by atoms with Crippen LogP contribution in [0.25, 0.3) is 0 Å². The maximum atomic E-state index is 12.3. The Morgan fingerprint density at radius 3 is 2.33 bits per heavy atom. The van der Waals surface area contributed by atoms with Crippen LogP contribution >= 0.6 is 0 Å². The van der Waals surface area contributed by atoms with Crippen LogP contribution < -0.4 is 10.6 Å². The summed E-state index contributed by atoms with van der Waals surface area (Å²) in [5.74, 6) is 0.253. The summed E-state index contributed by atoms with van der Waals surface area (Å²) >= 11 is 0.